The summed E-state index contributed by atoms with van der Waals surface area (Å²) in [5.74, 6) is -4.96. The van der Waals surface area contributed by atoms with Crippen molar-refractivity contribution in [1.29, 1.82) is 5.26 Å². The molecule has 0 spiro atoms. The molecule has 228 valence electrons. The number of halogens is 6. The predicted octanol–water partition coefficient (Wildman–Crippen LogP) is 4.29. The van der Waals surface area contributed by atoms with Crippen LogP contribution in [0.5, 0.6) is 0 Å². The predicted molar refractivity (Wildman–Crippen MR) is 138 cm³/mol. The second kappa shape index (κ2) is 15.8. The van der Waals surface area contributed by atoms with Crippen LogP contribution in [0.2, 0.25) is 0 Å². The number of nitriles is 1. The number of aromatic nitrogens is 2. The summed E-state index contributed by atoms with van der Waals surface area (Å²) in [5.41, 5.74) is 2.17. The summed E-state index contributed by atoms with van der Waals surface area (Å²) in [6.45, 7) is 5.45. The van der Waals surface area contributed by atoms with Crippen molar-refractivity contribution in [2.75, 3.05) is 50.0 Å². The molecule has 3 heterocycles. The number of alkyl halides is 6. The summed E-state index contributed by atoms with van der Waals surface area (Å²) in [4.78, 5) is 30.1. The molecule has 2 aromatic rings. The number of benzene rings is 1. The van der Waals surface area contributed by atoms with E-state index in [1.165, 1.54) is 0 Å². The first-order valence-corrected chi connectivity index (χ1v) is 12.7. The van der Waals surface area contributed by atoms with Crippen molar-refractivity contribution in [1.82, 2.24) is 14.9 Å². The van der Waals surface area contributed by atoms with Crippen LogP contribution in [0.1, 0.15) is 12.1 Å². The SMILES string of the molecule is N#C/C(=C1/Nc2ccccc2S1)c1ccnc(NCCCN2CCOCC2)n1.O=C(O)C(F)(F)F.O=C(O)C(F)(F)F. The van der Waals surface area contributed by atoms with Gasteiger partial charge in [-0.1, -0.05) is 23.9 Å². The quantitative estimate of drug-likeness (QED) is 0.206. The van der Waals surface area contributed by atoms with E-state index >= 15 is 0 Å². The highest BCUT2D eigenvalue weighted by atomic mass is 32.2. The molecule has 2 aliphatic heterocycles. The van der Waals surface area contributed by atoms with Crippen LogP contribution in [0, 0.1) is 11.3 Å². The largest absolute Gasteiger partial charge is 0.490 e. The summed E-state index contributed by atoms with van der Waals surface area (Å²) in [6, 6.07) is 12.1. The highest BCUT2D eigenvalue weighted by Crippen LogP contribution is 2.43. The van der Waals surface area contributed by atoms with Crippen molar-refractivity contribution in [2.45, 2.75) is 23.7 Å². The van der Waals surface area contributed by atoms with Crippen LogP contribution in [-0.2, 0) is 14.3 Å². The van der Waals surface area contributed by atoms with Crippen molar-refractivity contribution >= 4 is 40.9 Å². The van der Waals surface area contributed by atoms with Crippen molar-refractivity contribution < 1.29 is 50.9 Å². The summed E-state index contributed by atoms with van der Waals surface area (Å²) in [5, 5.41) is 31.4. The van der Waals surface area contributed by atoms with Crippen LogP contribution < -0.4 is 10.6 Å². The maximum absolute atomic E-state index is 10.6. The number of nitrogens with one attached hydrogen (secondary N) is 2. The number of hydrogen-bond donors (Lipinski definition) is 4. The fourth-order valence-electron chi connectivity index (χ4n) is 3.17. The van der Waals surface area contributed by atoms with Crippen LogP contribution in [0.4, 0.5) is 38.0 Å². The minimum Gasteiger partial charge on any atom is -0.475 e. The van der Waals surface area contributed by atoms with E-state index in [1.807, 2.05) is 24.3 Å². The number of thioether (sulfide) groups is 1. The molecule has 11 nitrogen and oxygen atoms in total. The van der Waals surface area contributed by atoms with Crippen molar-refractivity contribution in [3.05, 3.63) is 47.3 Å². The first-order valence-electron chi connectivity index (χ1n) is 11.9. The van der Waals surface area contributed by atoms with Gasteiger partial charge in [-0.15, -0.1) is 0 Å². The Morgan fingerprint density at radius 3 is 2.21 bits per heavy atom. The van der Waals surface area contributed by atoms with Gasteiger partial charge in [-0.3, -0.25) is 4.90 Å². The van der Waals surface area contributed by atoms with Gasteiger partial charge >= 0.3 is 24.3 Å². The van der Waals surface area contributed by atoms with Crippen LogP contribution in [0.15, 0.2) is 46.5 Å². The Bertz CT molecular complexity index is 1240. The van der Waals surface area contributed by atoms with E-state index in [4.69, 9.17) is 24.5 Å². The Kier molecular flexibility index (Phi) is 12.8. The average molecular weight is 623 g/mol. The lowest BCUT2D eigenvalue weighted by atomic mass is 10.2. The van der Waals surface area contributed by atoms with Gasteiger partial charge in [0.15, 0.2) is 0 Å². The number of para-hydroxylation sites is 1. The summed E-state index contributed by atoms with van der Waals surface area (Å²) < 4.78 is 68.8. The minimum absolute atomic E-state index is 0.528. The normalized spacial score (nSPS) is 15.8. The number of carboxylic acids is 2. The lowest BCUT2D eigenvalue weighted by Gasteiger charge is -2.26. The van der Waals surface area contributed by atoms with Gasteiger partial charge in [0.2, 0.25) is 5.95 Å². The van der Waals surface area contributed by atoms with E-state index < -0.39 is 24.3 Å². The van der Waals surface area contributed by atoms with E-state index in [9.17, 15) is 31.6 Å². The average Bonchev–Trinajstić information content (AvgIpc) is 3.36. The monoisotopic (exact) mass is 622 g/mol. The number of carbonyl (C=O) groups is 2. The number of rotatable bonds is 6. The smallest absolute Gasteiger partial charge is 0.475 e. The second-order valence-corrected chi connectivity index (χ2v) is 9.20. The van der Waals surface area contributed by atoms with Gasteiger partial charge in [-0.25, -0.2) is 19.6 Å². The van der Waals surface area contributed by atoms with E-state index in [0.717, 1.165) is 61.4 Å². The van der Waals surface area contributed by atoms with Gasteiger partial charge in [0, 0.05) is 30.7 Å². The molecular weight excluding hydrogens is 598 g/mol. The number of hydrogen-bond acceptors (Lipinski definition) is 10. The topological polar surface area (TPSA) is 161 Å². The first kappa shape index (κ1) is 34.1. The zero-order valence-corrected chi connectivity index (χ0v) is 22.3. The molecule has 18 heteroatoms. The number of ether oxygens (including phenoxy) is 1. The summed E-state index contributed by atoms with van der Waals surface area (Å²) in [6.07, 6.45) is -7.47. The molecule has 0 bridgehead atoms. The summed E-state index contributed by atoms with van der Waals surface area (Å²) in [7, 11) is 0. The Morgan fingerprint density at radius 2 is 1.67 bits per heavy atom. The zero-order chi connectivity index (χ0) is 31.3. The lowest BCUT2D eigenvalue weighted by molar-refractivity contribution is -0.193. The highest BCUT2D eigenvalue weighted by Gasteiger charge is 2.38. The molecular formula is C24H24F6N6O5S. The molecule has 4 N–H and O–H groups in total. The fourth-order valence-corrected chi connectivity index (χ4v) is 4.17. The number of fused-ring (bicyclic) bond motifs is 1. The molecule has 0 atom stereocenters. The third kappa shape index (κ3) is 11.4. The molecule has 0 amide bonds. The van der Waals surface area contributed by atoms with E-state index in [1.54, 1.807) is 24.0 Å². The number of aliphatic carboxylic acids is 2. The Hall–Kier alpha value is -4.08. The third-order valence-corrected chi connectivity index (χ3v) is 6.21. The van der Waals surface area contributed by atoms with E-state index in [2.05, 4.69) is 31.6 Å². The standard InChI is InChI=1S/C20H22N6OS.2C2HF3O2/c21-14-15(19-24-17-4-1-2-5-18(17)28-19)16-6-8-23-20(25-16)22-7-3-9-26-10-12-27-13-11-26;2*3-2(4,5)1(6)7/h1-2,4-6,8,24H,3,7,9-13H2,(H,22,23,25);2*(H,6,7)/b19-15+;;. The number of morpholine rings is 1. The molecule has 1 saturated heterocycles. The molecule has 1 aromatic heterocycles. The fraction of sp³-hybridized carbons (Fsp3) is 0.375. The molecule has 0 radical (unpaired) electrons. The molecule has 0 aliphatic carbocycles. The van der Waals surface area contributed by atoms with Crippen LogP contribution in [0.3, 0.4) is 0 Å². The number of anilines is 2. The van der Waals surface area contributed by atoms with Gasteiger partial charge in [0.1, 0.15) is 11.6 Å². The van der Waals surface area contributed by atoms with Gasteiger partial charge in [-0.05, 0) is 31.2 Å². The van der Waals surface area contributed by atoms with Crippen LogP contribution in [-0.4, -0.2) is 88.8 Å². The zero-order valence-electron chi connectivity index (χ0n) is 21.5. The van der Waals surface area contributed by atoms with Crippen molar-refractivity contribution in [2.24, 2.45) is 0 Å². The molecule has 0 saturated carbocycles. The maximum Gasteiger partial charge on any atom is 0.490 e. The van der Waals surface area contributed by atoms with Gasteiger partial charge in [-0.2, -0.15) is 31.6 Å². The maximum atomic E-state index is 10.6. The van der Waals surface area contributed by atoms with Gasteiger partial charge in [0.05, 0.1) is 29.6 Å². The van der Waals surface area contributed by atoms with Crippen LogP contribution in [0.25, 0.3) is 5.57 Å². The lowest BCUT2D eigenvalue weighted by Crippen LogP contribution is -2.37. The molecule has 1 aromatic carbocycles. The van der Waals surface area contributed by atoms with E-state index in [0.29, 0.717) is 17.2 Å². The molecule has 1 fully saturated rings. The molecule has 4 rings (SSSR count). The van der Waals surface area contributed by atoms with Crippen molar-refractivity contribution in [3.8, 4) is 6.07 Å². The molecule has 42 heavy (non-hydrogen) atoms. The molecule has 0 unspecified atom stereocenters. The second-order valence-electron chi connectivity index (χ2n) is 8.14. The Labute approximate surface area is 239 Å². The van der Waals surface area contributed by atoms with Crippen molar-refractivity contribution in [3.63, 3.8) is 0 Å². The Morgan fingerprint density at radius 1 is 1.07 bits per heavy atom. The number of allylic oxidation sites excluding steroid dienone is 1. The summed E-state index contributed by atoms with van der Waals surface area (Å²) >= 11 is 1.56. The Balaban J connectivity index is 0.000000367. The van der Waals surface area contributed by atoms with Gasteiger partial charge in [0.25, 0.3) is 0 Å². The van der Waals surface area contributed by atoms with E-state index in [-0.39, 0.29) is 0 Å². The number of carboxylic acid groups (broad SMARTS) is 2. The first-order chi connectivity index (χ1) is 19.7. The minimum atomic E-state index is -5.08. The van der Waals surface area contributed by atoms with Crippen LogP contribution >= 0.6 is 11.8 Å². The van der Waals surface area contributed by atoms with Gasteiger partial charge < -0.3 is 25.6 Å². The molecule has 2 aliphatic rings. The highest BCUT2D eigenvalue weighted by molar-refractivity contribution is 8.04. The number of nitrogens with zero attached hydrogens (tertiary/aromatic N) is 4. The third-order valence-electron chi connectivity index (χ3n) is 5.12.